The molecule has 1 saturated heterocycles. The van der Waals surface area contributed by atoms with Gasteiger partial charge in [-0.3, -0.25) is 0 Å². The van der Waals surface area contributed by atoms with Crippen molar-refractivity contribution in [3.63, 3.8) is 0 Å². The maximum Gasteiger partial charge on any atom is 0.0716 e. The molecule has 1 heterocycles. The molecule has 1 unspecified atom stereocenters. The van der Waals surface area contributed by atoms with Crippen LogP contribution in [-0.4, -0.2) is 23.3 Å². The molecule has 0 aliphatic carbocycles. The fraction of sp³-hybridized carbons (Fsp3) is 0.571. The highest BCUT2D eigenvalue weighted by Crippen LogP contribution is 2.36. The molecule has 0 saturated carbocycles. The maximum absolute atomic E-state index is 9.86. The molecule has 0 aromatic heterocycles. The van der Waals surface area contributed by atoms with Gasteiger partial charge in [-0.1, -0.05) is 17.7 Å². The lowest BCUT2D eigenvalue weighted by Gasteiger charge is -2.46. The highest BCUT2D eigenvalue weighted by molar-refractivity contribution is 6.31. The first-order valence-electron chi connectivity index (χ1n) is 6.12. The van der Waals surface area contributed by atoms with E-state index in [1.807, 2.05) is 19.1 Å². The van der Waals surface area contributed by atoms with Gasteiger partial charge in [-0.05, 0) is 51.3 Å². The standard InChI is InChI=1S/C14H20ClNO/c1-10-12(15)5-4-6-13(10)16-9-11(17)7-8-14(16,2)3/h4-6,11,17H,7-9H2,1-3H3. The van der Waals surface area contributed by atoms with Gasteiger partial charge in [0.25, 0.3) is 0 Å². The molecule has 3 heteroatoms. The Morgan fingerprint density at radius 3 is 2.82 bits per heavy atom. The minimum absolute atomic E-state index is 0.0780. The van der Waals surface area contributed by atoms with E-state index in [1.165, 1.54) is 0 Å². The Kier molecular flexibility index (Phi) is 3.37. The van der Waals surface area contributed by atoms with Crippen LogP contribution in [0.4, 0.5) is 5.69 Å². The van der Waals surface area contributed by atoms with E-state index in [1.54, 1.807) is 0 Å². The third kappa shape index (κ3) is 2.43. The molecule has 94 valence electrons. The lowest BCUT2D eigenvalue weighted by molar-refractivity contribution is 0.126. The number of hydrogen-bond acceptors (Lipinski definition) is 2. The molecule has 2 rings (SSSR count). The lowest BCUT2D eigenvalue weighted by Crippen LogP contribution is -2.52. The third-order valence-electron chi connectivity index (χ3n) is 3.74. The molecule has 1 aromatic carbocycles. The van der Waals surface area contributed by atoms with E-state index in [4.69, 9.17) is 11.6 Å². The van der Waals surface area contributed by atoms with Gasteiger partial charge in [-0.25, -0.2) is 0 Å². The van der Waals surface area contributed by atoms with E-state index in [0.717, 1.165) is 29.1 Å². The number of nitrogens with zero attached hydrogens (tertiary/aromatic N) is 1. The Balaban J connectivity index is 2.40. The maximum atomic E-state index is 9.86. The third-order valence-corrected chi connectivity index (χ3v) is 4.15. The summed E-state index contributed by atoms with van der Waals surface area (Å²) in [6.45, 7) is 7.17. The Morgan fingerprint density at radius 1 is 1.41 bits per heavy atom. The van der Waals surface area contributed by atoms with Crippen molar-refractivity contribution in [3.05, 3.63) is 28.8 Å². The molecule has 0 radical (unpaired) electrons. The summed E-state index contributed by atoms with van der Waals surface area (Å²) >= 11 is 6.17. The van der Waals surface area contributed by atoms with Crippen LogP contribution in [0, 0.1) is 6.92 Å². The van der Waals surface area contributed by atoms with Gasteiger partial charge in [0, 0.05) is 22.8 Å². The molecule has 1 atom stereocenters. The number of halogens is 1. The lowest BCUT2D eigenvalue weighted by atomic mass is 9.88. The summed E-state index contributed by atoms with van der Waals surface area (Å²) in [5.41, 5.74) is 2.31. The SMILES string of the molecule is Cc1c(Cl)cccc1N1CC(O)CCC1(C)C. The predicted octanol–water partition coefficient (Wildman–Crippen LogP) is 3.39. The van der Waals surface area contributed by atoms with Crippen LogP contribution in [-0.2, 0) is 0 Å². The monoisotopic (exact) mass is 253 g/mol. The van der Waals surface area contributed by atoms with Crippen molar-refractivity contribution in [2.24, 2.45) is 0 Å². The number of anilines is 1. The number of aliphatic hydroxyl groups excluding tert-OH is 1. The van der Waals surface area contributed by atoms with Crippen LogP contribution in [0.1, 0.15) is 32.3 Å². The highest BCUT2D eigenvalue weighted by atomic mass is 35.5. The van der Waals surface area contributed by atoms with Crippen molar-refractivity contribution in [1.82, 2.24) is 0 Å². The molecule has 0 amide bonds. The highest BCUT2D eigenvalue weighted by Gasteiger charge is 2.34. The summed E-state index contributed by atoms with van der Waals surface area (Å²) in [5, 5.41) is 10.6. The minimum atomic E-state index is -0.235. The second kappa shape index (κ2) is 4.51. The smallest absolute Gasteiger partial charge is 0.0716 e. The second-order valence-corrected chi connectivity index (χ2v) is 5.91. The van der Waals surface area contributed by atoms with Gasteiger partial charge >= 0.3 is 0 Å². The van der Waals surface area contributed by atoms with Gasteiger partial charge < -0.3 is 10.0 Å². The fourth-order valence-corrected chi connectivity index (χ4v) is 2.69. The Morgan fingerprint density at radius 2 is 2.12 bits per heavy atom. The number of benzene rings is 1. The molecule has 1 fully saturated rings. The predicted molar refractivity (Wildman–Crippen MR) is 72.9 cm³/mol. The van der Waals surface area contributed by atoms with Gasteiger partial charge in [0.2, 0.25) is 0 Å². The second-order valence-electron chi connectivity index (χ2n) is 5.50. The van der Waals surface area contributed by atoms with Crippen LogP contribution in [0.25, 0.3) is 0 Å². The van der Waals surface area contributed by atoms with Crippen molar-refractivity contribution in [2.45, 2.75) is 45.3 Å². The number of rotatable bonds is 1. The normalized spacial score (nSPS) is 23.8. The van der Waals surface area contributed by atoms with Crippen molar-refractivity contribution >= 4 is 17.3 Å². The minimum Gasteiger partial charge on any atom is -0.391 e. The van der Waals surface area contributed by atoms with Gasteiger partial charge in [-0.15, -0.1) is 0 Å². The topological polar surface area (TPSA) is 23.5 Å². The summed E-state index contributed by atoms with van der Waals surface area (Å²) in [4.78, 5) is 2.28. The van der Waals surface area contributed by atoms with Crippen molar-refractivity contribution < 1.29 is 5.11 Å². The molecule has 0 spiro atoms. The van der Waals surface area contributed by atoms with E-state index < -0.39 is 0 Å². The van der Waals surface area contributed by atoms with Gasteiger partial charge in [0.1, 0.15) is 0 Å². The largest absolute Gasteiger partial charge is 0.391 e. The van der Waals surface area contributed by atoms with Crippen LogP contribution in [0.3, 0.4) is 0 Å². The van der Waals surface area contributed by atoms with Gasteiger partial charge in [0.15, 0.2) is 0 Å². The van der Waals surface area contributed by atoms with Crippen molar-refractivity contribution in [1.29, 1.82) is 0 Å². The molecule has 1 aromatic rings. The van der Waals surface area contributed by atoms with E-state index in [-0.39, 0.29) is 11.6 Å². The van der Waals surface area contributed by atoms with Crippen molar-refractivity contribution in [3.8, 4) is 0 Å². The Labute approximate surface area is 108 Å². The summed E-state index contributed by atoms with van der Waals surface area (Å²) in [5.74, 6) is 0. The molecule has 17 heavy (non-hydrogen) atoms. The summed E-state index contributed by atoms with van der Waals surface area (Å²) in [6.07, 6.45) is 1.64. The van der Waals surface area contributed by atoms with E-state index in [0.29, 0.717) is 6.54 Å². The first kappa shape index (κ1) is 12.7. The first-order valence-corrected chi connectivity index (χ1v) is 6.50. The van der Waals surface area contributed by atoms with E-state index >= 15 is 0 Å². The quantitative estimate of drug-likeness (QED) is 0.829. The van der Waals surface area contributed by atoms with Crippen LogP contribution in [0.2, 0.25) is 5.02 Å². The molecule has 1 aliphatic rings. The zero-order chi connectivity index (χ0) is 12.6. The molecule has 1 N–H and O–H groups in total. The summed E-state index contributed by atoms with van der Waals surface area (Å²) < 4.78 is 0. The average Bonchev–Trinajstić information content (AvgIpc) is 2.26. The molecule has 2 nitrogen and oxygen atoms in total. The fourth-order valence-electron chi connectivity index (χ4n) is 2.52. The molecular weight excluding hydrogens is 234 g/mol. The zero-order valence-corrected chi connectivity index (χ0v) is 11.5. The zero-order valence-electron chi connectivity index (χ0n) is 10.7. The van der Waals surface area contributed by atoms with E-state index in [2.05, 4.69) is 24.8 Å². The van der Waals surface area contributed by atoms with Crippen LogP contribution in [0.5, 0.6) is 0 Å². The number of aliphatic hydroxyl groups is 1. The number of piperidine rings is 1. The first-order chi connectivity index (χ1) is 7.92. The molecular formula is C14H20ClNO. The van der Waals surface area contributed by atoms with Crippen LogP contribution >= 0.6 is 11.6 Å². The van der Waals surface area contributed by atoms with Crippen LogP contribution < -0.4 is 4.90 Å². The average molecular weight is 254 g/mol. The molecule has 0 bridgehead atoms. The van der Waals surface area contributed by atoms with Gasteiger partial charge in [-0.2, -0.15) is 0 Å². The number of β-amino-alcohol motifs (C(OH)–C–C–N with tert-alkyl or cyclic N) is 1. The van der Waals surface area contributed by atoms with E-state index in [9.17, 15) is 5.11 Å². The summed E-state index contributed by atoms with van der Waals surface area (Å²) in [6, 6.07) is 5.97. The molecule has 1 aliphatic heterocycles. The summed E-state index contributed by atoms with van der Waals surface area (Å²) in [7, 11) is 0. The van der Waals surface area contributed by atoms with Gasteiger partial charge in [0.05, 0.1) is 6.10 Å². The number of hydrogen-bond donors (Lipinski definition) is 1. The van der Waals surface area contributed by atoms with Crippen molar-refractivity contribution in [2.75, 3.05) is 11.4 Å². The Bertz CT molecular complexity index is 417. The Hall–Kier alpha value is -0.730. The van der Waals surface area contributed by atoms with Crippen LogP contribution in [0.15, 0.2) is 18.2 Å².